The molecule has 0 aliphatic carbocycles. The number of rotatable bonds is 5. The minimum atomic E-state index is -0.326. The van der Waals surface area contributed by atoms with Crippen LogP contribution in [0.25, 0.3) is 0 Å². The zero-order chi connectivity index (χ0) is 18.5. The minimum Gasteiger partial charge on any atom is -0.392 e. The van der Waals surface area contributed by atoms with Crippen LogP contribution in [0.2, 0.25) is 0 Å². The predicted octanol–water partition coefficient (Wildman–Crippen LogP) is 4.99. The van der Waals surface area contributed by atoms with E-state index in [4.69, 9.17) is 0 Å². The second-order valence-electron chi connectivity index (χ2n) is 6.05. The van der Waals surface area contributed by atoms with Crippen LogP contribution in [0.3, 0.4) is 0 Å². The molecule has 1 atom stereocenters. The first-order chi connectivity index (χ1) is 12.8. The van der Waals surface area contributed by atoms with Gasteiger partial charge in [-0.25, -0.2) is 48.5 Å². The number of aliphatic hydroxyl groups excluding tert-OH is 1. The Hall–Kier alpha value is -1.64. The van der Waals surface area contributed by atoms with Crippen molar-refractivity contribution in [3.8, 4) is 0 Å². The van der Waals surface area contributed by atoms with E-state index < -0.39 is 0 Å². The van der Waals surface area contributed by atoms with Gasteiger partial charge < -0.3 is 10.4 Å². The van der Waals surface area contributed by atoms with Crippen LogP contribution in [0.5, 0.6) is 0 Å². The molecule has 0 spiro atoms. The van der Waals surface area contributed by atoms with Crippen LogP contribution >= 0.6 is 0 Å². The molecule has 0 amide bonds. The molecule has 154 valence electrons. The van der Waals surface area contributed by atoms with E-state index in [1.807, 2.05) is 84.9 Å². The van der Waals surface area contributed by atoms with Crippen LogP contribution in [0, 0.1) is 0 Å². The van der Waals surface area contributed by atoms with Gasteiger partial charge in [-0.05, 0) is 13.0 Å². The largest absolute Gasteiger partial charge is 0.392 e. The summed E-state index contributed by atoms with van der Waals surface area (Å²) in [5.41, 5.74) is 2.48. The zero-order valence-electron chi connectivity index (χ0n) is 15.9. The molecule has 0 aromatic heterocycles. The molecule has 0 radical (unpaired) electrons. The van der Waals surface area contributed by atoms with Gasteiger partial charge >= 0.3 is 0 Å². The van der Waals surface area contributed by atoms with Gasteiger partial charge in [-0.2, -0.15) is 60.7 Å². The van der Waals surface area contributed by atoms with Gasteiger partial charge in [0.2, 0.25) is 0 Å². The summed E-state index contributed by atoms with van der Waals surface area (Å²) in [6.45, 7) is 2.39. The summed E-state index contributed by atoms with van der Waals surface area (Å²) >= 11 is 0. The normalized spacial score (nSPS) is 10.4. The Morgan fingerprint density at radius 2 is 1.07 bits per heavy atom. The summed E-state index contributed by atoms with van der Waals surface area (Å²) in [7, 11) is 0. The Kier molecular flexibility index (Phi) is 15.4. The molecular weight excluding hydrogens is 430 g/mol. The van der Waals surface area contributed by atoms with Crippen LogP contribution in [0.1, 0.15) is 24.1 Å². The van der Waals surface area contributed by atoms with E-state index in [-0.39, 0.29) is 46.3 Å². The third-order valence-corrected chi connectivity index (χ3v) is 3.77. The van der Waals surface area contributed by atoms with Crippen molar-refractivity contribution < 1.29 is 39.2 Å². The number of nitrogens with one attached hydrogen (secondary N) is 1. The van der Waals surface area contributed by atoms with Crippen LogP contribution in [0.15, 0.2) is 109 Å². The van der Waals surface area contributed by atoms with E-state index in [1.165, 1.54) is 11.1 Å². The fourth-order valence-electron chi connectivity index (χ4n) is 2.52. The number of hydrogen-bond acceptors (Lipinski definition) is 2. The minimum absolute atomic E-state index is 0. The molecule has 28 heavy (non-hydrogen) atoms. The van der Waals surface area contributed by atoms with Crippen LogP contribution in [0.4, 0.5) is 0 Å². The maximum absolute atomic E-state index is 9.33. The Morgan fingerprint density at radius 1 is 0.714 bits per heavy atom. The molecule has 2 N–H and O–H groups in total. The van der Waals surface area contributed by atoms with Crippen molar-refractivity contribution in [1.82, 2.24) is 5.32 Å². The van der Waals surface area contributed by atoms with E-state index in [0.29, 0.717) is 6.54 Å². The number of hydrogen-bond donors (Lipinski definition) is 2. The first-order valence-corrected chi connectivity index (χ1v) is 8.95. The van der Waals surface area contributed by atoms with Gasteiger partial charge in [-0.1, -0.05) is 0 Å². The smallest absolute Gasteiger partial charge is 0.0636 e. The van der Waals surface area contributed by atoms with Gasteiger partial charge in [-0.3, -0.25) is 0 Å². The van der Waals surface area contributed by atoms with Gasteiger partial charge in [0.15, 0.2) is 0 Å². The van der Waals surface area contributed by atoms with Gasteiger partial charge in [0.1, 0.15) is 0 Å². The summed E-state index contributed by atoms with van der Waals surface area (Å²) in [6, 6.07) is 36.7. The average Bonchev–Trinajstić information content (AvgIpc) is 3.48. The van der Waals surface area contributed by atoms with Crippen molar-refractivity contribution in [2.75, 3.05) is 6.54 Å². The summed E-state index contributed by atoms with van der Waals surface area (Å²) in [5.74, 6) is 0. The Labute approximate surface area is 190 Å². The maximum Gasteiger partial charge on any atom is 0.0636 e. The molecule has 0 aliphatic rings. The SMILES string of the molecule is CC(O)CNC([c-]1cccc1)[c-]1cccc1.[Fe].[Fe].c1cc[cH-]c1.c1cc[cH-]c1. The fourth-order valence-corrected chi connectivity index (χ4v) is 2.52. The Balaban J connectivity index is 0.000000500. The van der Waals surface area contributed by atoms with Crippen molar-refractivity contribution in [3.63, 3.8) is 0 Å². The average molecular weight is 457 g/mol. The molecule has 4 aromatic carbocycles. The molecular formula is C24H27Fe2NO-4. The van der Waals surface area contributed by atoms with E-state index in [1.54, 1.807) is 6.92 Å². The summed E-state index contributed by atoms with van der Waals surface area (Å²) in [4.78, 5) is 0. The summed E-state index contributed by atoms with van der Waals surface area (Å²) in [5, 5.41) is 12.7. The van der Waals surface area contributed by atoms with Crippen molar-refractivity contribution >= 4 is 0 Å². The van der Waals surface area contributed by atoms with Crippen molar-refractivity contribution in [3.05, 3.63) is 120 Å². The van der Waals surface area contributed by atoms with Gasteiger partial charge in [0.25, 0.3) is 0 Å². The van der Waals surface area contributed by atoms with E-state index >= 15 is 0 Å². The van der Waals surface area contributed by atoms with Gasteiger partial charge in [0.05, 0.1) is 6.10 Å². The molecule has 0 bridgehead atoms. The first-order valence-electron chi connectivity index (χ1n) is 8.95. The quantitative estimate of drug-likeness (QED) is 0.327. The maximum atomic E-state index is 9.33. The van der Waals surface area contributed by atoms with Crippen LogP contribution in [-0.4, -0.2) is 17.8 Å². The monoisotopic (exact) mass is 457 g/mol. The molecule has 0 heterocycles. The molecule has 0 saturated carbocycles. The fraction of sp³-hybridized carbons (Fsp3) is 0.167. The molecule has 1 unspecified atom stereocenters. The van der Waals surface area contributed by atoms with Crippen molar-refractivity contribution in [2.24, 2.45) is 0 Å². The molecule has 4 rings (SSSR count). The third kappa shape index (κ3) is 10.6. The van der Waals surface area contributed by atoms with E-state index in [2.05, 4.69) is 29.6 Å². The van der Waals surface area contributed by atoms with Crippen LogP contribution in [-0.2, 0) is 34.1 Å². The van der Waals surface area contributed by atoms with Crippen LogP contribution < -0.4 is 5.32 Å². The first kappa shape index (κ1) is 26.4. The molecule has 0 aliphatic heterocycles. The molecule has 4 aromatic rings. The van der Waals surface area contributed by atoms with Crippen molar-refractivity contribution in [1.29, 1.82) is 0 Å². The van der Waals surface area contributed by atoms with Crippen molar-refractivity contribution in [2.45, 2.75) is 19.1 Å². The van der Waals surface area contributed by atoms with E-state index in [9.17, 15) is 5.11 Å². The molecule has 4 heteroatoms. The van der Waals surface area contributed by atoms with E-state index in [0.717, 1.165) is 0 Å². The molecule has 0 saturated heterocycles. The standard InChI is InChI=1S/C14H17NO.2C5H5.2Fe/c1-11(16)10-15-14(12-6-2-3-7-12)13-8-4-5-9-13;2*1-2-4-5-3-1;;/h2-9,11,14-16H,10H2,1H3;2*1-5H;;/q-2;2*-1;;. The predicted molar refractivity (Wildman–Crippen MR) is 110 cm³/mol. The molecule has 2 nitrogen and oxygen atoms in total. The zero-order valence-corrected chi connectivity index (χ0v) is 18.1. The second kappa shape index (κ2) is 16.3. The topological polar surface area (TPSA) is 32.3 Å². The van der Waals surface area contributed by atoms with Gasteiger partial charge in [0, 0.05) is 40.7 Å². The summed E-state index contributed by atoms with van der Waals surface area (Å²) in [6.07, 6.45) is -0.326. The van der Waals surface area contributed by atoms with Gasteiger partial charge in [-0.15, -0.1) is 11.1 Å². The third-order valence-electron chi connectivity index (χ3n) is 3.77. The second-order valence-corrected chi connectivity index (χ2v) is 6.05. The summed E-state index contributed by atoms with van der Waals surface area (Å²) < 4.78 is 0. The Morgan fingerprint density at radius 3 is 1.32 bits per heavy atom. The number of aliphatic hydroxyl groups is 1. The Bertz CT molecular complexity index is 632. The molecule has 0 fully saturated rings.